The Balaban J connectivity index is 2.12. The molecule has 0 saturated carbocycles. The molecule has 0 saturated heterocycles. The van der Waals surface area contributed by atoms with Gasteiger partial charge in [0.25, 0.3) is 0 Å². The van der Waals surface area contributed by atoms with Gasteiger partial charge in [-0.05, 0) is 42.8 Å². The Morgan fingerprint density at radius 2 is 1.95 bits per heavy atom. The van der Waals surface area contributed by atoms with E-state index in [1.165, 1.54) is 12.1 Å². The summed E-state index contributed by atoms with van der Waals surface area (Å²) in [4.78, 5) is 0. The van der Waals surface area contributed by atoms with Gasteiger partial charge in [0.2, 0.25) is 0 Å². The summed E-state index contributed by atoms with van der Waals surface area (Å²) in [5, 5.41) is 8.73. The normalized spacial score (nSPS) is 11.7. The van der Waals surface area contributed by atoms with Crippen LogP contribution in [0.15, 0.2) is 42.5 Å². The van der Waals surface area contributed by atoms with Crippen LogP contribution in [0, 0.1) is 17.1 Å². The molecule has 0 aromatic heterocycles. The fourth-order valence-corrected chi connectivity index (χ4v) is 1.84. The summed E-state index contributed by atoms with van der Waals surface area (Å²) in [7, 11) is 0. The van der Waals surface area contributed by atoms with E-state index in [1.807, 2.05) is 12.1 Å². The van der Waals surface area contributed by atoms with Crippen LogP contribution >= 0.6 is 0 Å². The van der Waals surface area contributed by atoms with E-state index in [9.17, 15) is 4.39 Å². The van der Waals surface area contributed by atoms with Gasteiger partial charge < -0.3 is 10.5 Å². The molecule has 4 heteroatoms. The van der Waals surface area contributed by atoms with Crippen LogP contribution in [0.4, 0.5) is 4.39 Å². The summed E-state index contributed by atoms with van der Waals surface area (Å²) in [6.07, 6.45) is 0. The van der Waals surface area contributed by atoms with Gasteiger partial charge >= 0.3 is 0 Å². The molecule has 2 rings (SSSR count). The molecule has 0 heterocycles. The highest BCUT2D eigenvalue weighted by molar-refractivity contribution is 5.37. The minimum absolute atomic E-state index is 0.304. The van der Waals surface area contributed by atoms with Gasteiger partial charge in [-0.1, -0.05) is 12.1 Å². The van der Waals surface area contributed by atoms with E-state index in [0.29, 0.717) is 23.5 Å². The molecule has 0 bridgehead atoms. The Labute approximate surface area is 117 Å². The van der Waals surface area contributed by atoms with Crippen LogP contribution in [-0.2, 0) is 6.61 Å². The number of hydrogen-bond donors (Lipinski definition) is 1. The quantitative estimate of drug-likeness (QED) is 0.927. The van der Waals surface area contributed by atoms with Crippen molar-refractivity contribution in [2.45, 2.75) is 19.6 Å². The van der Waals surface area contributed by atoms with E-state index in [4.69, 9.17) is 15.7 Å². The maximum Gasteiger partial charge on any atom is 0.124 e. The number of nitriles is 1. The Hall–Kier alpha value is -2.38. The van der Waals surface area contributed by atoms with Crippen molar-refractivity contribution in [3.05, 3.63) is 65.0 Å². The highest BCUT2D eigenvalue weighted by Gasteiger charge is 2.09. The molecule has 0 amide bonds. The standard InChI is InChI=1S/C16H15FN2O/c1-11(19)15-8-14(17)6-7-16(15)20-10-13-4-2-12(9-18)3-5-13/h2-8,11H,10,19H2,1H3. The van der Waals surface area contributed by atoms with Gasteiger partial charge in [0, 0.05) is 11.6 Å². The van der Waals surface area contributed by atoms with Gasteiger partial charge in [0.05, 0.1) is 11.6 Å². The van der Waals surface area contributed by atoms with Crippen LogP contribution in [0.5, 0.6) is 5.75 Å². The molecule has 3 nitrogen and oxygen atoms in total. The van der Waals surface area contributed by atoms with Gasteiger partial charge in [-0.25, -0.2) is 4.39 Å². The Kier molecular flexibility index (Phi) is 4.34. The van der Waals surface area contributed by atoms with Crippen molar-refractivity contribution >= 4 is 0 Å². The maximum absolute atomic E-state index is 13.2. The van der Waals surface area contributed by atoms with E-state index in [-0.39, 0.29) is 11.9 Å². The van der Waals surface area contributed by atoms with E-state index >= 15 is 0 Å². The van der Waals surface area contributed by atoms with Gasteiger partial charge in [-0.3, -0.25) is 0 Å². The van der Waals surface area contributed by atoms with Crippen molar-refractivity contribution in [2.75, 3.05) is 0 Å². The van der Waals surface area contributed by atoms with Gasteiger partial charge in [-0.15, -0.1) is 0 Å². The van der Waals surface area contributed by atoms with E-state index in [2.05, 4.69) is 6.07 Å². The maximum atomic E-state index is 13.2. The molecule has 2 aromatic carbocycles. The summed E-state index contributed by atoms with van der Waals surface area (Å²) < 4.78 is 18.9. The lowest BCUT2D eigenvalue weighted by atomic mass is 10.1. The lowest BCUT2D eigenvalue weighted by Gasteiger charge is -2.14. The zero-order valence-corrected chi connectivity index (χ0v) is 11.1. The van der Waals surface area contributed by atoms with Crippen LogP contribution in [0.25, 0.3) is 0 Å². The third-order valence-electron chi connectivity index (χ3n) is 2.94. The first-order chi connectivity index (χ1) is 9.60. The average molecular weight is 270 g/mol. The molecule has 1 unspecified atom stereocenters. The highest BCUT2D eigenvalue weighted by Crippen LogP contribution is 2.25. The topological polar surface area (TPSA) is 59.0 Å². The fourth-order valence-electron chi connectivity index (χ4n) is 1.84. The minimum atomic E-state index is -0.331. The molecule has 0 aliphatic rings. The van der Waals surface area contributed by atoms with Crippen LogP contribution in [0.3, 0.4) is 0 Å². The van der Waals surface area contributed by atoms with Crippen molar-refractivity contribution in [3.63, 3.8) is 0 Å². The number of halogens is 1. The Bertz CT molecular complexity index is 630. The van der Waals surface area contributed by atoms with Crippen molar-refractivity contribution < 1.29 is 9.13 Å². The Morgan fingerprint density at radius 1 is 1.25 bits per heavy atom. The monoisotopic (exact) mass is 270 g/mol. The highest BCUT2D eigenvalue weighted by atomic mass is 19.1. The summed E-state index contributed by atoms with van der Waals surface area (Å²) in [6, 6.07) is 13.2. The predicted molar refractivity (Wildman–Crippen MR) is 74.5 cm³/mol. The number of nitrogens with two attached hydrogens (primary N) is 1. The first-order valence-electron chi connectivity index (χ1n) is 6.27. The second-order valence-electron chi connectivity index (χ2n) is 4.57. The second kappa shape index (κ2) is 6.18. The zero-order chi connectivity index (χ0) is 14.5. The van der Waals surface area contributed by atoms with E-state index < -0.39 is 0 Å². The molecule has 1 atom stereocenters. The molecule has 0 radical (unpaired) electrons. The molecule has 0 aliphatic carbocycles. The van der Waals surface area contributed by atoms with Gasteiger partial charge in [0.1, 0.15) is 18.2 Å². The lowest BCUT2D eigenvalue weighted by molar-refractivity contribution is 0.301. The number of nitrogens with zero attached hydrogens (tertiary/aromatic N) is 1. The average Bonchev–Trinajstić information content (AvgIpc) is 2.46. The van der Waals surface area contributed by atoms with Crippen molar-refractivity contribution in [1.29, 1.82) is 5.26 Å². The smallest absolute Gasteiger partial charge is 0.124 e. The minimum Gasteiger partial charge on any atom is -0.489 e. The SMILES string of the molecule is CC(N)c1cc(F)ccc1OCc1ccc(C#N)cc1. The van der Waals surface area contributed by atoms with Gasteiger partial charge in [-0.2, -0.15) is 5.26 Å². The fraction of sp³-hybridized carbons (Fsp3) is 0.188. The summed E-state index contributed by atoms with van der Waals surface area (Å²) >= 11 is 0. The molecule has 0 spiro atoms. The molecular weight excluding hydrogens is 255 g/mol. The van der Waals surface area contributed by atoms with Crippen molar-refractivity contribution in [2.24, 2.45) is 5.73 Å². The number of ether oxygens (including phenoxy) is 1. The molecule has 2 aromatic rings. The van der Waals surface area contributed by atoms with E-state index in [1.54, 1.807) is 25.1 Å². The number of rotatable bonds is 4. The summed E-state index contributed by atoms with van der Waals surface area (Å²) in [5.41, 5.74) is 7.98. The lowest BCUT2D eigenvalue weighted by Crippen LogP contribution is -2.08. The molecule has 102 valence electrons. The van der Waals surface area contributed by atoms with Crippen LogP contribution in [0.2, 0.25) is 0 Å². The molecule has 20 heavy (non-hydrogen) atoms. The third kappa shape index (κ3) is 3.34. The second-order valence-corrected chi connectivity index (χ2v) is 4.57. The molecule has 2 N–H and O–H groups in total. The molecular formula is C16H15FN2O. The summed E-state index contributed by atoms with van der Waals surface area (Å²) in [6.45, 7) is 2.13. The largest absolute Gasteiger partial charge is 0.489 e. The number of hydrogen-bond acceptors (Lipinski definition) is 3. The van der Waals surface area contributed by atoms with Crippen LogP contribution in [-0.4, -0.2) is 0 Å². The number of benzene rings is 2. The molecule has 0 aliphatic heterocycles. The summed E-state index contributed by atoms with van der Waals surface area (Å²) in [5.74, 6) is 0.244. The predicted octanol–water partition coefficient (Wildman–Crippen LogP) is 3.30. The van der Waals surface area contributed by atoms with E-state index in [0.717, 1.165) is 5.56 Å². The van der Waals surface area contributed by atoms with Crippen molar-refractivity contribution in [1.82, 2.24) is 0 Å². The molecule has 0 fully saturated rings. The van der Waals surface area contributed by atoms with Crippen molar-refractivity contribution in [3.8, 4) is 11.8 Å². The van der Waals surface area contributed by atoms with Crippen LogP contribution < -0.4 is 10.5 Å². The first kappa shape index (κ1) is 14.0. The first-order valence-corrected chi connectivity index (χ1v) is 6.27. The van der Waals surface area contributed by atoms with Gasteiger partial charge in [0.15, 0.2) is 0 Å². The third-order valence-corrected chi connectivity index (χ3v) is 2.94. The van der Waals surface area contributed by atoms with Crippen LogP contribution in [0.1, 0.15) is 29.7 Å². The zero-order valence-electron chi connectivity index (χ0n) is 11.1. The Morgan fingerprint density at radius 3 is 2.55 bits per heavy atom.